The maximum atomic E-state index is 13.0. The molecule has 1 amide bonds. The Labute approximate surface area is 141 Å². The van der Waals surface area contributed by atoms with Crippen LogP contribution in [0.4, 0.5) is 4.39 Å². The Morgan fingerprint density at radius 3 is 2.88 bits per heavy atom. The van der Waals surface area contributed by atoms with Gasteiger partial charge in [-0.1, -0.05) is 12.1 Å². The molecule has 24 heavy (non-hydrogen) atoms. The summed E-state index contributed by atoms with van der Waals surface area (Å²) in [6, 6.07) is 10.2. The fourth-order valence-electron chi connectivity index (χ4n) is 3.08. The van der Waals surface area contributed by atoms with Crippen LogP contribution in [0.5, 0.6) is 5.75 Å². The molecule has 1 aromatic carbocycles. The summed E-state index contributed by atoms with van der Waals surface area (Å²) in [6.07, 6.45) is 4.56. The Hall–Kier alpha value is -2.43. The zero-order valence-corrected chi connectivity index (χ0v) is 13.7. The zero-order chi connectivity index (χ0) is 16.9. The summed E-state index contributed by atoms with van der Waals surface area (Å²) in [5, 5.41) is 0. The lowest BCUT2D eigenvalue weighted by atomic mass is 9.99. The van der Waals surface area contributed by atoms with E-state index in [1.807, 2.05) is 17.0 Å². The van der Waals surface area contributed by atoms with Crippen LogP contribution in [0.15, 0.2) is 48.8 Å². The highest BCUT2D eigenvalue weighted by Gasteiger charge is 2.30. The van der Waals surface area contributed by atoms with Crippen LogP contribution < -0.4 is 4.74 Å². The number of pyridine rings is 1. The molecule has 1 aliphatic rings. The van der Waals surface area contributed by atoms with Gasteiger partial charge in [-0.05, 0) is 55.5 Å². The van der Waals surface area contributed by atoms with E-state index in [0.29, 0.717) is 11.7 Å². The van der Waals surface area contributed by atoms with Crippen LogP contribution >= 0.6 is 0 Å². The Morgan fingerprint density at radius 1 is 1.38 bits per heavy atom. The summed E-state index contributed by atoms with van der Waals surface area (Å²) in [5.41, 5.74) is 1.11. The van der Waals surface area contributed by atoms with Crippen molar-refractivity contribution in [3.63, 3.8) is 0 Å². The molecule has 1 aliphatic heterocycles. The van der Waals surface area contributed by atoms with Crippen molar-refractivity contribution in [2.75, 3.05) is 13.1 Å². The van der Waals surface area contributed by atoms with Gasteiger partial charge >= 0.3 is 0 Å². The van der Waals surface area contributed by atoms with Crippen LogP contribution in [0.2, 0.25) is 0 Å². The smallest absolute Gasteiger partial charge is 0.263 e. The molecule has 0 unspecified atom stereocenters. The number of hydrogen-bond acceptors (Lipinski definition) is 3. The van der Waals surface area contributed by atoms with E-state index in [1.54, 1.807) is 31.5 Å². The lowest BCUT2D eigenvalue weighted by molar-refractivity contribution is -0.137. The van der Waals surface area contributed by atoms with E-state index in [4.69, 9.17) is 4.74 Å². The molecule has 1 fully saturated rings. The molecule has 0 radical (unpaired) electrons. The van der Waals surface area contributed by atoms with Gasteiger partial charge in [0.15, 0.2) is 6.10 Å². The number of rotatable bonds is 5. The first-order valence-electron chi connectivity index (χ1n) is 8.22. The van der Waals surface area contributed by atoms with Crippen LogP contribution in [0.1, 0.15) is 18.9 Å². The number of halogens is 1. The molecule has 4 nitrogen and oxygen atoms in total. The summed E-state index contributed by atoms with van der Waals surface area (Å²) in [4.78, 5) is 18.4. The maximum Gasteiger partial charge on any atom is 0.263 e. The molecule has 0 N–H and O–H groups in total. The third kappa shape index (κ3) is 4.10. The number of ether oxygens (including phenoxy) is 1. The lowest BCUT2D eigenvalue weighted by Crippen LogP contribution is -2.39. The van der Waals surface area contributed by atoms with Crippen molar-refractivity contribution >= 4 is 5.91 Å². The van der Waals surface area contributed by atoms with E-state index >= 15 is 0 Å². The molecule has 5 heteroatoms. The maximum absolute atomic E-state index is 13.0. The monoisotopic (exact) mass is 328 g/mol. The molecule has 2 heterocycles. The van der Waals surface area contributed by atoms with Crippen LogP contribution in [-0.4, -0.2) is 35.0 Å². The van der Waals surface area contributed by atoms with Gasteiger partial charge in [-0.15, -0.1) is 0 Å². The van der Waals surface area contributed by atoms with E-state index < -0.39 is 6.10 Å². The quantitative estimate of drug-likeness (QED) is 0.847. The third-order valence-electron chi connectivity index (χ3n) is 4.33. The Balaban J connectivity index is 1.52. The number of nitrogens with zero attached hydrogens (tertiary/aromatic N) is 2. The van der Waals surface area contributed by atoms with Gasteiger partial charge in [-0.2, -0.15) is 0 Å². The summed E-state index contributed by atoms with van der Waals surface area (Å²) < 4.78 is 18.6. The second kappa shape index (κ2) is 7.43. The minimum atomic E-state index is -0.529. The summed E-state index contributed by atoms with van der Waals surface area (Å²) in [5.74, 6) is 0.786. The standard InChI is InChI=1S/C19H21FN2O2/c1-14(24-18-3-2-9-21-12-18)19(23)22-10-8-16(13-22)11-15-4-6-17(20)7-5-15/h2-7,9,12,14,16H,8,10-11,13H2,1H3/t14-,16+/m0/s1. The molecule has 0 aliphatic carbocycles. The molecule has 0 spiro atoms. The van der Waals surface area contributed by atoms with Gasteiger partial charge in [0.25, 0.3) is 5.91 Å². The summed E-state index contributed by atoms with van der Waals surface area (Å²) in [7, 11) is 0. The molecule has 3 rings (SSSR count). The fraction of sp³-hybridized carbons (Fsp3) is 0.368. The summed E-state index contributed by atoms with van der Waals surface area (Å²) >= 11 is 0. The molecule has 1 saturated heterocycles. The van der Waals surface area contributed by atoms with Crippen molar-refractivity contribution in [1.29, 1.82) is 0 Å². The van der Waals surface area contributed by atoms with E-state index in [2.05, 4.69) is 4.98 Å². The van der Waals surface area contributed by atoms with E-state index in [-0.39, 0.29) is 11.7 Å². The van der Waals surface area contributed by atoms with Crippen molar-refractivity contribution in [2.45, 2.75) is 25.9 Å². The highest BCUT2D eigenvalue weighted by Crippen LogP contribution is 2.22. The van der Waals surface area contributed by atoms with Crippen molar-refractivity contribution in [2.24, 2.45) is 5.92 Å². The molecule has 0 bridgehead atoms. The van der Waals surface area contributed by atoms with Gasteiger partial charge in [0.1, 0.15) is 11.6 Å². The Bertz CT molecular complexity index is 676. The number of benzene rings is 1. The van der Waals surface area contributed by atoms with Crippen molar-refractivity contribution in [3.05, 3.63) is 60.2 Å². The van der Waals surface area contributed by atoms with Crippen molar-refractivity contribution in [1.82, 2.24) is 9.88 Å². The molecular weight excluding hydrogens is 307 g/mol. The van der Waals surface area contributed by atoms with Crippen LogP contribution in [0, 0.1) is 11.7 Å². The van der Waals surface area contributed by atoms with Gasteiger partial charge in [-0.3, -0.25) is 9.78 Å². The normalized spacial score (nSPS) is 18.4. The van der Waals surface area contributed by atoms with Gasteiger partial charge in [0.2, 0.25) is 0 Å². The highest BCUT2D eigenvalue weighted by molar-refractivity contribution is 5.81. The topological polar surface area (TPSA) is 42.4 Å². The van der Waals surface area contributed by atoms with Gasteiger partial charge in [-0.25, -0.2) is 4.39 Å². The van der Waals surface area contributed by atoms with E-state index in [9.17, 15) is 9.18 Å². The van der Waals surface area contributed by atoms with Crippen LogP contribution in [0.25, 0.3) is 0 Å². The van der Waals surface area contributed by atoms with Crippen LogP contribution in [-0.2, 0) is 11.2 Å². The number of hydrogen-bond donors (Lipinski definition) is 0. The number of carbonyl (C=O) groups is 1. The predicted octanol–water partition coefficient (Wildman–Crippen LogP) is 3.08. The average Bonchev–Trinajstić information content (AvgIpc) is 3.05. The van der Waals surface area contributed by atoms with Crippen LogP contribution in [0.3, 0.4) is 0 Å². The van der Waals surface area contributed by atoms with Crippen molar-refractivity contribution < 1.29 is 13.9 Å². The van der Waals surface area contributed by atoms with Gasteiger partial charge in [0, 0.05) is 19.3 Å². The second-order valence-electron chi connectivity index (χ2n) is 6.22. The predicted molar refractivity (Wildman–Crippen MR) is 89.1 cm³/mol. The number of aromatic nitrogens is 1. The first-order valence-corrected chi connectivity index (χ1v) is 8.22. The van der Waals surface area contributed by atoms with Crippen molar-refractivity contribution in [3.8, 4) is 5.75 Å². The minimum Gasteiger partial charge on any atom is -0.479 e. The largest absolute Gasteiger partial charge is 0.479 e. The molecule has 2 aromatic rings. The Kier molecular flexibility index (Phi) is 5.08. The molecule has 1 aromatic heterocycles. The molecule has 2 atom stereocenters. The van der Waals surface area contributed by atoms with E-state index in [1.165, 1.54) is 12.1 Å². The molecule has 126 valence electrons. The molecule has 0 saturated carbocycles. The average molecular weight is 328 g/mol. The lowest BCUT2D eigenvalue weighted by Gasteiger charge is -2.21. The number of carbonyl (C=O) groups excluding carboxylic acids is 1. The van der Waals surface area contributed by atoms with Gasteiger partial charge < -0.3 is 9.64 Å². The molecular formula is C19H21FN2O2. The minimum absolute atomic E-state index is 0.000425. The Morgan fingerprint density at radius 2 is 2.17 bits per heavy atom. The third-order valence-corrected chi connectivity index (χ3v) is 4.33. The first-order chi connectivity index (χ1) is 11.6. The first kappa shape index (κ1) is 16.4. The summed E-state index contributed by atoms with van der Waals surface area (Å²) in [6.45, 7) is 3.23. The number of likely N-dealkylation sites (tertiary alicyclic amines) is 1. The SMILES string of the molecule is C[C@H](Oc1cccnc1)C(=O)N1CC[C@H](Cc2ccc(F)cc2)C1. The highest BCUT2D eigenvalue weighted by atomic mass is 19.1. The van der Waals surface area contributed by atoms with E-state index in [0.717, 1.165) is 31.5 Å². The van der Waals surface area contributed by atoms with Gasteiger partial charge in [0.05, 0.1) is 6.20 Å². The second-order valence-corrected chi connectivity index (χ2v) is 6.22. The number of amides is 1. The zero-order valence-electron chi connectivity index (χ0n) is 13.7. The fourth-order valence-corrected chi connectivity index (χ4v) is 3.08.